The van der Waals surface area contributed by atoms with Crippen molar-refractivity contribution in [1.82, 2.24) is 45.3 Å². The summed E-state index contributed by atoms with van der Waals surface area (Å²) in [6.45, 7) is 9.02. The zero-order valence-electron chi connectivity index (χ0n) is 21.7. The average molecular weight is 535 g/mol. The van der Waals surface area contributed by atoms with E-state index in [-0.39, 0.29) is 12.0 Å². The Labute approximate surface area is 226 Å². The van der Waals surface area contributed by atoms with Gasteiger partial charge in [0.05, 0.1) is 29.0 Å². The van der Waals surface area contributed by atoms with E-state index in [1.165, 1.54) is 12.8 Å². The van der Waals surface area contributed by atoms with E-state index < -0.39 is 0 Å². The molecule has 4 heterocycles. The highest BCUT2D eigenvalue weighted by Gasteiger charge is 2.49. The Balaban J connectivity index is 1.14. The molecule has 1 aromatic carbocycles. The number of anilines is 2. The molecule has 1 spiro atoms. The summed E-state index contributed by atoms with van der Waals surface area (Å²) in [6.07, 6.45) is 9.45. The Hall–Kier alpha value is -3.57. The largest absolute Gasteiger partial charge is 0.487 e. The molecule has 1 atom stereocenters. The SMILES string of the molecule is CC(Cn1cnnn1)Oc1cc(-c2cnc(Nc3cn(C4CC5(CNC5)C4)nc3C(C)C)nc2)ccc1Cl. The zero-order valence-corrected chi connectivity index (χ0v) is 22.4. The lowest BCUT2D eigenvalue weighted by Gasteiger charge is -2.54. The lowest BCUT2D eigenvalue weighted by Crippen LogP contribution is -2.60. The van der Waals surface area contributed by atoms with Gasteiger partial charge in [0.1, 0.15) is 18.2 Å². The highest BCUT2D eigenvalue weighted by Crippen LogP contribution is 2.51. The topological polar surface area (TPSA) is 120 Å². The number of nitrogens with zero attached hydrogens (tertiary/aromatic N) is 8. The second kappa shape index (κ2) is 9.95. The van der Waals surface area contributed by atoms with Crippen LogP contribution in [0.25, 0.3) is 11.1 Å². The van der Waals surface area contributed by atoms with Crippen LogP contribution in [-0.2, 0) is 6.54 Å². The van der Waals surface area contributed by atoms with E-state index in [9.17, 15) is 0 Å². The molecular formula is C26H31ClN10O. The van der Waals surface area contributed by atoms with Crippen LogP contribution in [0, 0.1) is 5.41 Å². The first-order chi connectivity index (χ1) is 18.4. The van der Waals surface area contributed by atoms with Crippen molar-refractivity contribution in [2.45, 2.75) is 58.2 Å². The van der Waals surface area contributed by atoms with Gasteiger partial charge in [0.15, 0.2) is 0 Å². The van der Waals surface area contributed by atoms with Crippen molar-refractivity contribution in [2.24, 2.45) is 5.41 Å². The molecule has 1 saturated carbocycles. The monoisotopic (exact) mass is 534 g/mol. The van der Waals surface area contributed by atoms with Gasteiger partial charge in [-0.25, -0.2) is 14.6 Å². The van der Waals surface area contributed by atoms with Gasteiger partial charge in [-0.05, 0) is 59.2 Å². The van der Waals surface area contributed by atoms with Crippen molar-refractivity contribution in [2.75, 3.05) is 18.4 Å². The van der Waals surface area contributed by atoms with E-state index >= 15 is 0 Å². The van der Waals surface area contributed by atoms with Crippen molar-refractivity contribution >= 4 is 23.2 Å². The maximum absolute atomic E-state index is 6.41. The molecule has 2 fully saturated rings. The summed E-state index contributed by atoms with van der Waals surface area (Å²) in [7, 11) is 0. The minimum Gasteiger partial charge on any atom is -0.487 e. The fraction of sp³-hybridized carbons (Fsp3) is 0.462. The van der Waals surface area contributed by atoms with Crippen LogP contribution in [0.3, 0.4) is 0 Å². The smallest absolute Gasteiger partial charge is 0.227 e. The minimum absolute atomic E-state index is 0.180. The summed E-state index contributed by atoms with van der Waals surface area (Å²) in [6, 6.07) is 6.10. The molecule has 0 radical (unpaired) electrons. The van der Waals surface area contributed by atoms with Gasteiger partial charge in [0.25, 0.3) is 0 Å². The number of ether oxygens (including phenoxy) is 1. The summed E-state index contributed by atoms with van der Waals surface area (Å²) < 4.78 is 9.81. The fourth-order valence-electron chi connectivity index (χ4n) is 5.23. The zero-order chi connectivity index (χ0) is 26.3. The van der Waals surface area contributed by atoms with Crippen LogP contribution in [0.4, 0.5) is 11.6 Å². The molecule has 0 amide bonds. The Morgan fingerprint density at radius 1 is 1.16 bits per heavy atom. The Kier molecular flexibility index (Phi) is 6.48. The summed E-state index contributed by atoms with van der Waals surface area (Å²) >= 11 is 6.41. The maximum atomic E-state index is 6.41. The predicted molar refractivity (Wildman–Crippen MR) is 144 cm³/mol. The third-order valence-electron chi connectivity index (χ3n) is 7.35. The van der Waals surface area contributed by atoms with E-state index in [4.69, 9.17) is 21.4 Å². The molecule has 12 heteroatoms. The number of nitrogens with one attached hydrogen (secondary N) is 2. The second-order valence-corrected chi connectivity index (χ2v) is 11.2. The number of halogens is 1. The van der Waals surface area contributed by atoms with Crippen LogP contribution in [-0.4, -0.2) is 59.1 Å². The molecular weight excluding hydrogens is 504 g/mol. The molecule has 3 aromatic heterocycles. The summed E-state index contributed by atoms with van der Waals surface area (Å²) in [5.41, 5.74) is 4.25. The van der Waals surface area contributed by atoms with Gasteiger partial charge in [-0.1, -0.05) is 31.5 Å². The fourth-order valence-corrected chi connectivity index (χ4v) is 5.39. The molecule has 198 valence electrons. The lowest BCUT2D eigenvalue weighted by atomic mass is 9.62. The van der Waals surface area contributed by atoms with Gasteiger partial charge in [0, 0.05) is 37.2 Å². The number of hydrogen-bond donors (Lipinski definition) is 2. The maximum Gasteiger partial charge on any atom is 0.227 e. The summed E-state index contributed by atoms with van der Waals surface area (Å²) in [5, 5.41) is 23.4. The molecule has 0 bridgehead atoms. The molecule has 1 unspecified atom stereocenters. The van der Waals surface area contributed by atoms with Crippen molar-refractivity contribution in [3.63, 3.8) is 0 Å². The van der Waals surface area contributed by atoms with E-state index in [1.54, 1.807) is 23.4 Å². The quantitative estimate of drug-likeness (QED) is 0.325. The number of benzene rings is 1. The standard InChI is InChI=1S/C26H31ClN10O/c1-16(2)24-22(12-37(33-24)20-7-26(8-20)13-28-14-26)32-25-29-9-19(10-30-25)18-4-5-21(27)23(6-18)38-17(3)11-36-15-31-34-35-36/h4-6,9-10,12,15-17,20,28H,7-8,11,13-14H2,1-3H3,(H,29,30,32). The molecule has 6 rings (SSSR count). The van der Waals surface area contributed by atoms with Crippen LogP contribution < -0.4 is 15.4 Å². The number of aromatic nitrogens is 8. The minimum atomic E-state index is -0.180. The van der Waals surface area contributed by atoms with Crippen molar-refractivity contribution in [3.8, 4) is 16.9 Å². The Bertz CT molecular complexity index is 1390. The number of tetrazole rings is 1. The lowest BCUT2D eigenvalue weighted by molar-refractivity contribution is 0.00220. The first-order valence-corrected chi connectivity index (χ1v) is 13.3. The first kappa shape index (κ1) is 24.7. The van der Waals surface area contributed by atoms with Gasteiger partial charge in [0.2, 0.25) is 5.95 Å². The molecule has 4 aromatic rings. The van der Waals surface area contributed by atoms with E-state index in [0.29, 0.717) is 34.7 Å². The van der Waals surface area contributed by atoms with Gasteiger partial charge < -0.3 is 15.4 Å². The van der Waals surface area contributed by atoms with E-state index in [1.807, 2.05) is 25.1 Å². The normalized spacial score (nSPS) is 17.3. The summed E-state index contributed by atoms with van der Waals surface area (Å²) in [5.74, 6) is 1.40. The highest BCUT2D eigenvalue weighted by molar-refractivity contribution is 6.32. The first-order valence-electron chi connectivity index (χ1n) is 12.9. The van der Waals surface area contributed by atoms with Gasteiger partial charge in [-0.2, -0.15) is 5.10 Å². The van der Waals surface area contributed by atoms with Crippen molar-refractivity contribution in [1.29, 1.82) is 0 Å². The third kappa shape index (κ3) is 4.95. The highest BCUT2D eigenvalue weighted by atomic mass is 35.5. The van der Waals surface area contributed by atoms with E-state index in [0.717, 1.165) is 35.6 Å². The van der Waals surface area contributed by atoms with E-state index in [2.05, 4.69) is 60.9 Å². The van der Waals surface area contributed by atoms with Crippen molar-refractivity contribution < 1.29 is 4.74 Å². The van der Waals surface area contributed by atoms with Crippen molar-refractivity contribution in [3.05, 3.63) is 53.8 Å². The molecule has 11 nitrogen and oxygen atoms in total. The van der Waals surface area contributed by atoms with Crippen LogP contribution in [0.15, 0.2) is 43.1 Å². The van der Waals surface area contributed by atoms with Gasteiger partial charge in [-0.3, -0.25) is 4.68 Å². The Morgan fingerprint density at radius 2 is 1.95 bits per heavy atom. The van der Waals surface area contributed by atoms with Crippen LogP contribution in [0.2, 0.25) is 5.02 Å². The second-order valence-electron chi connectivity index (χ2n) is 10.8. The summed E-state index contributed by atoms with van der Waals surface area (Å²) in [4.78, 5) is 9.16. The van der Waals surface area contributed by atoms with Crippen LogP contribution >= 0.6 is 11.6 Å². The number of hydrogen-bond acceptors (Lipinski definition) is 9. The Morgan fingerprint density at radius 3 is 2.61 bits per heavy atom. The predicted octanol–water partition coefficient (Wildman–Crippen LogP) is 4.24. The van der Waals surface area contributed by atoms with Gasteiger partial charge >= 0.3 is 0 Å². The number of rotatable bonds is 9. The average Bonchev–Trinajstić information content (AvgIpc) is 3.49. The molecule has 1 aliphatic carbocycles. The molecule has 2 N–H and O–H groups in total. The molecule has 1 saturated heterocycles. The molecule has 38 heavy (non-hydrogen) atoms. The molecule has 2 aliphatic rings. The third-order valence-corrected chi connectivity index (χ3v) is 7.66. The van der Waals surface area contributed by atoms with Crippen LogP contribution in [0.1, 0.15) is 51.3 Å². The molecule has 1 aliphatic heterocycles. The van der Waals surface area contributed by atoms with Gasteiger partial charge in [-0.15, -0.1) is 5.10 Å². The van der Waals surface area contributed by atoms with Crippen LogP contribution in [0.5, 0.6) is 5.75 Å².